The first-order chi connectivity index (χ1) is 15.4. The molecule has 2 amide bonds. The normalized spacial score (nSPS) is 15.6. The Morgan fingerprint density at radius 2 is 2.09 bits per heavy atom. The first-order valence-electron chi connectivity index (χ1n) is 10.5. The Labute approximate surface area is 193 Å². The van der Waals surface area contributed by atoms with Gasteiger partial charge in [0.15, 0.2) is 0 Å². The number of likely N-dealkylation sites (N-methyl/N-ethyl adjacent to an activating group) is 1. The minimum atomic E-state index is -0.290. The van der Waals surface area contributed by atoms with Crippen LogP contribution >= 0.6 is 11.6 Å². The predicted molar refractivity (Wildman–Crippen MR) is 124 cm³/mol. The van der Waals surface area contributed by atoms with Crippen LogP contribution in [0.15, 0.2) is 43.1 Å². The lowest BCUT2D eigenvalue weighted by Gasteiger charge is -2.17. The molecule has 1 saturated heterocycles. The molecule has 0 radical (unpaired) electrons. The van der Waals surface area contributed by atoms with Crippen LogP contribution in [0.25, 0.3) is 0 Å². The number of amides is 2. The molecule has 32 heavy (non-hydrogen) atoms. The maximum absolute atomic E-state index is 12.9. The lowest BCUT2D eigenvalue weighted by Crippen LogP contribution is -2.29. The molecule has 1 fully saturated rings. The second-order valence-electron chi connectivity index (χ2n) is 7.97. The standard InChI is InChI=1S/C23H28ClN5O3/c1-4-21(30)26-18-7-5-17(6-8-18)23(31)29-10-9-16(15-29)13-20-25-14-19(24)22(27-20)32-12-11-28(2)3/h4-8,14,16H,1,9-13,15H2,2-3H3,(H,26,30)/t16-/m0/s1. The molecule has 9 heteroatoms. The highest BCUT2D eigenvalue weighted by molar-refractivity contribution is 6.31. The number of anilines is 1. The van der Waals surface area contributed by atoms with Gasteiger partial charge < -0.3 is 19.9 Å². The van der Waals surface area contributed by atoms with Gasteiger partial charge in [0, 0.05) is 37.3 Å². The van der Waals surface area contributed by atoms with E-state index in [1.165, 1.54) is 6.08 Å². The highest BCUT2D eigenvalue weighted by Crippen LogP contribution is 2.25. The van der Waals surface area contributed by atoms with Crippen LogP contribution in [-0.2, 0) is 11.2 Å². The zero-order valence-electron chi connectivity index (χ0n) is 18.4. The van der Waals surface area contributed by atoms with Crippen LogP contribution in [-0.4, -0.2) is 71.9 Å². The molecule has 0 bridgehead atoms. The number of benzene rings is 1. The van der Waals surface area contributed by atoms with Crippen LogP contribution in [0.5, 0.6) is 5.88 Å². The number of likely N-dealkylation sites (tertiary alicyclic amines) is 1. The first kappa shape index (κ1) is 23.7. The number of ether oxygens (including phenoxy) is 1. The second-order valence-corrected chi connectivity index (χ2v) is 8.38. The molecule has 3 rings (SSSR count). The third kappa shape index (κ3) is 6.51. The van der Waals surface area contributed by atoms with Crippen molar-refractivity contribution in [3.05, 3.63) is 59.5 Å². The van der Waals surface area contributed by atoms with Crippen molar-refractivity contribution in [1.82, 2.24) is 19.8 Å². The molecule has 1 atom stereocenters. The lowest BCUT2D eigenvalue weighted by atomic mass is 10.0. The van der Waals surface area contributed by atoms with Crippen LogP contribution in [0.1, 0.15) is 22.6 Å². The number of halogens is 1. The highest BCUT2D eigenvalue weighted by Gasteiger charge is 2.28. The van der Waals surface area contributed by atoms with Crippen molar-refractivity contribution in [2.45, 2.75) is 12.8 Å². The third-order valence-electron chi connectivity index (χ3n) is 5.17. The Kier molecular flexibility index (Phi) is 8.19. The molecule has 170 valence electrons. The van der Waals surface area contributed by atoms with E-state index in [-0.39, 0.29) is 17.7 Å². The van der Waals surface area contributed by atoms with Crippen molar-refractivity contribution in [2.24, 2.45) is 5.92 Å². The van der Waals surface area contributed by atoms with Crippen molar-refractivity contribution in [3.63, 3.8) is 0 Å². The molecule has 1 aromatic heterocycles. The molecule has 2 aromatic rings. The zero-order chi connectivity index (χ0) is 23.1. The van der Waals surface area contributed by atoms with Crippen molar-refractivity contribution in [3.8, 4) is 5.88 Å². The molecule has 1 aliphatic rings. The Morgan fingerprint density at radius 1 is 1.34 bits per heavy atom. The van der Waals surface area contributed by atoms with Gasteiger partial charge in [0.1, 0.15) is 17.5 Å². The van der Waals surface area contributed by atoms with Gasteiger partial charge in [0.05, 0.1) is 6.20 Å². The van der Waals surface area contributed by atoms with E-state index < -0.39 is 0 Å². The topological polar surface area (TPSA) is 87.7 Å². The molecule has 0 spiro atoms. The Hall–Kier alpha value is -2.97. The van der Waals surface area contributed by atoms with Gasteiger partial charge in [0.25, 0.3) is 5.91 Å². The number of hydrogen-bond donors (Lipinski definition) is 1. The predicted octanol–water partition coefficient (Wildman–Crippen LogP) is 2.90. The van der Waals surface area contributed by atoms with Crippen LogP contribution < -0.4 is 10.1 Å². The van der Waals surface area contributed by atoms with Gasteiger partial charge in [-0.3, -0.25) is 9.59 Å². The van der Waals surface area contributed by atoms with Gasteiger partial charge in [-0.15, -0.1) is 0 Å². The molecule has 0 unspecified atom stereocenters. The number of carbonyl (C=O) groups is 2. The van der Waals surface area contributed by atoms with Gasteiger partial charge in [0.2, 0.25) is 11.8 Å². The molecule has 1 N–H and O–H groups in total. The van der Waals surface area contributed by atoms with Gasteiger partial charge in [-0.05, 0) is 56.8 Å². The van der Waals surface area contributed by atoms with E-state index in [0.717, 1.165) is 13.0 Å². The zero-order valence-corrected chi connectivity index (χ0v) is 19.1. The van der Waals surface area contributed by atoms with E-state index in [4.69, 9.17) is 16.3 Å². The smallest absolute Gasteiger partial charge is 0.253 e. The molecule has 2 heterocycles. The molecular formula is C23H28ClN5O3. The van der Waals surface area contributed by atoms with Gasteiger partial charge in [-0.25, -0.2) is 4.98 Å². The lowest BCUT2D eigenvalue weighted by molar-refractivity contribution is -0.111. The summed E-state index contributed by atoms with van der Waals surface area (Å²) in [7, 11) is 3.94. The SMILES string of the molecule is C=CC(=O)Nc1ccc(C(=O)N2CC[C@@H](Cc3ncc(Cl)c(OCCN(C)C)n3)C2)cc1. The summed E-state index contributed by atoms with van der Waals surface area (Å²) in [4.78, 5) is 36.9. The number of nitrogens with zero attached hydrogens (tertiary/aromatic N) is 4. The number of hydrogen-bond acceptors (Lipinski definition) is 6. The maximum atomic E-state index is 12.9. The molecule has 1 aromatic carbocycles. The summed E-state index contributed by atoms with van der Waals surface area (Å²) in [6.07, 6.45) is 4.30. The minimum absolute atomic E-state index is 0.0289. The van der Waals surface area contributed by atoms with E-state index >= 15 is 0 Å². The third-order valence-corrected chi connectivity index (χ3v) is 5.43. The molecule has 8 nitrogen and oxygen atoms in total. The van der Waals surface area contributed by atoms with Crippen LogP contribution in [0.2, 0.25) is 5.02 Å². The number of aromatic nitrogens is 2. The summed E-state index contributed by atoms with van der Waals surface area (Å²) in [5.41, 5.74) is 1.20. The van der Waals surface area contributed by atoms with Gasteiger partial charge >= 0.3 is 0 Å². The Bertz CT molecular complexity index is 965. The highest BCUT2D eigenvalue weighted by atomic mass is 35.5. The van der Waals surface area contributed by atoms with Crippen molar-refractivity contribution >= 4 is 29.1 Å². The fourth-order valence-electron chi connectivity index (χ4n) is 3.42. The molecule has 1 aliphatic heterocycles. The average molecular weight is 458 g/mol. The molecule has 0 saturated carbocycles. The van der Waals surface area contributed by atoms with E-state index in [1.54, 1.807) is 30.5 Å². The van der Waals surface area contributed by atoms with Crippen molar-refractivity contribution in [2.75, 3.05) is 45.7 Å². The summed E-state index contributed by atoms with van der Waals surface area (Å²) in [6.45, 7) is 5.99. The van der Waals surface area contributed by atoms with Crippen LogP contribution in [0.3, 0.4) is 0 Å². The largest absolute Gasteiger partial charge is 0.475 e. The number of rotatable bonds is 9. The number of nitrogens with one attached hydrogen (secondary N) is 1. The van der Waals surface area contributed by atoms with Gasteiger partial charge in [-0.2, -0.15) is 4.98 Å². The Morgan fingerprint density at radius 3 is 2.78 bits per heavy atom. The van der Waals surface area contributed by atoms with E-state index in [2.05, 4.69) is 21.9 Å². The minimum Gasteiger partial charge on any atom is -0.475 e. The van der Waals surface area contributed by atoms with Crippen molar-refractivity contribution in [1.29, 1.82) is 0 Å². The molecule has 0 aliphatic carbocycles. The summed E-state index contributed by atoms with van der Waals surface area (Å²) in [6, 6.07) is 6.85. The first-order valence-corrected chi connectivity index (χ1v) is 10.8. The van der Waals surface area contributed by atoms with Crippen LogP contribution in [0, 0.1) is 5.92 Å². The van der Waals surface area contributed by atoms with Crippen molar-refractivity contribution < 1.29 is 14.3 Å². The summed E-state index contributed by atoms with van der Waals surface area (Å²) >= 11 is 6.16. The quantitative estimate of drug-likeness (QED) is 0.582. The van der Waals surface area contributed by atoms with E-state index in [0.29, 0.717) is 54.1 Å². The molecular weight excluding hydrogens is 430 g/mol. The summed E-state index contributed by atoms with van der Waals surface area (Å²) in [5, 5.41) is 3.06. The number of carbonyl (C=O) groups excluding carboxylic acids is 2. The maximum Gasteiger partial charge on any atom is 0.253 e. The average Bonchev–Trinajstić information content (AvgIpc) is 3.24. The fraction of sp³-hybridized carbons (Fsp3) is 0.391. The van der Waals surface area contributed by atoms with E-state index in [1.807, 2.05) is 23.9 Å². The van der Waals surface area contributed by atoms with Crippen LogP contribution in [0.4, 0.5) is 5.69 Å². The van der Waals surface area contributed by atoms with E-state index in [9.17, 15) is 9.59 Å². The second kappa shape index (κ2) is 11.1. The van der Waals surface area contributed by atoms with Gasteiger partial charge in [-0.1, -0.05) is 18.2 Å². The summed E-state index contributed by atoms with van der Waals surface area (Å²) in [5.74, 6) is 1.01. The fourth-order valence-corrected chi connectivity index (χ4v) is 3.57. The Balaban J connectivity index is 1.55. The monoisotopic (exact) mass is 457 g/mol. The summed E-state index contributed by atoms with van der Waals surface area (Å²) < 4.78 is 5.69.